The second-order valence-corrected chi connectivity index (χ2v) is 6.06. The number of nitro benzene ring substituents is 1. The largest absolute Gasteiger partial charge is 0.348 e. The van der Waals surface area contributed by atoms with Crippen LogP contribution in [0.1, 0.15) is 35.1 Å². The maximum absolute atomic E-state index is 12.3. The summed E-state index contributed by atoms with van der Waals surface area (Å²) in [4.78, 5) is 22.6. The zero-order valence-corrected chi connectivity index (χ0v) is 14.2. The van der Waals surface area contributed by atoms with Gasteiger partial charge in [-0.05, 0) is 37.1 Å². The third kappa shape index (κ3) is 4.65. The smallest absolute Gasteiger partial charge is 0.269 e. The minimum Gasteiger partial charge on any atom is -0.348 e. The molecule has 1 fully saturated rings. The van der Waals surface area contributed by atoms with Gasteiger partial charge in [0.15, 0.2) is 6.29 Å². The lowest BCUT2D eigenvalue weighted by atomic mass is 10.1. The number of nitro groups is 1. The van der Waals surface area contributed by atoms with Gasteiger partial charge in [0, 0.05) is 23.3 Å². The molecule has 0 aromatic heterocycles. The summed E-state index contributed by atoms with van der Waals surface area (Å²) in [6.07, 6.45) is 0.935. The number of nitrogens with zero attached hydrogens (tertiary/aromatic N) is 1. The molecule has 1 aliphatic heterocycles. The Hall–Kier alpha value is -2.77. The molecule has 26 heavy (non-hydrogen) atoms. The minimum absolute atomic E-state index is 0.0209. The number of benzene rings is 2. The molecule has 1 saturated heterocycles. The van der Waals surface area contributed by atoms with E-state index in [2.05, 4.69) is 5.32 Å². The highest BCUT2D eigenvalue weighted by molar-refractivity contribution is 5.94. The minimum atomic E-state index is -0.604. The summed E-state index contributed by atoms with van der Waals surface area (Å²) >= 11 is 0. The molecule has 2 aromatic rings. The molecule has 1 aliphatic rings. The van der Waals surface area contributed by atoms with Crippen molar-refractivity contribution in [3.63, 3.8) is 0 Å². The van der Waals surface area contributed by atoms with Crippen LogP contribution >= 0.6 is 0 Å². The molecule has 0 spiro atoms. The van der Waals surface area contributed by atoms with E-state index < -0.39 is 11.2 Å². The van der Waals surface area contributed by atoms with Gasteiger partial charge in [0.25, 0.3) is 11.6 Å². The average molecular weight is 356 g/mol. The quantitative estimate of drug-likeness (QED) is 0.671. The Morgan fingerprint density at radius 1 is 1.08 bits per heavy atom. The molecule has 2 atom stereocenters. The Morgan fingerprint density at radius 3 is 2.50 bits per heavy atom. The predicted octanol–water partition coefficient (Wildman–Crippen LogP) is 3.22. The van der Waals surface area contributed by atoms with E-state index in [1.54, 1.807) is 24.3 Å². The van der Waals surface area contributed by atoms with E-state index in [1.165, 1.54) is 12.1 Å². The second kappa shape index (κ2) is 8.55. The van der Waals surface area contributed by atoms with Gasteiger partial charge in [-0.15, -0.1) is 0 Å². The highest BCUT2D eigenvalue weighted by Crippen LogP contribution is 2.24. The van der Waals surface area contributed by atoms with Gasteiger partial charge >= 0.3 is 0 Å². The van der Waals surface area contributed by atoms with Gasteiger partial charge in [0.2, 0.25) is 0 Å². The van der Waals surface area contributed by atoms with Crippen LogP contribution in [0.15, 0.2) is 54.6 Å². The third-order valence-corrected chi connectivity index (χ3v) is 4.16. The van der Waals surface area contributed by atoms with Crippen molar-refractivity contribution in [1.82, 2.24) is 5.32 Å². The number of carbonyl (C=O) groups excluding carboxylic acids is 1. The normalized spacial score (nSPS) is 20.6. The van der Waals surface area contributed by atoms with E-state index in [9.17, 15) is 14.9 Å². The lowest BCUT2D eigenvalue weighted by Gasteiger charge is -2.27. The molecule has 1 N–H and O–H groups in total. The third-order valence-electron chi connectivity index (χ3n) is 4.16. The van der Waals surface area contributed by atoms with Crippen LogP contribution in [0.4, 0.5) is 5.69 Å². The fourth-order valence-electron chi connectivity index (χ4n) is 2.77. The summed E-state index contributed by atoms with van der Waals surface area (Å²) in [5.74, 6) is -0.132. The number of hydrogen-bond donors (Lipinski definition) is 1. The summed E-state index contributed by atoms with van der Waals surface area (Å²) in [6.45, 7) is 0.791. The van der Waals surface area contributed by atoms with Crippen molar-refractivity contribution < 1.29 is 19.2 Å². The van der Waals surface area contributed by atoms with Gasteiger partial charge in [-0.25, -0.2) is 0 Å². The van der Waals surface area contributed by atoms with Crippen LogP contribution in [0.25, 0.3) is 0 Å². The van der Waals surface area contributed by atoms with Crippen molar-refractivity contribution in [3.8, 4) is 0 Å². The zero-order valence-electron chi connectivity index (χ0n) is 14.2. The molecular weight excluding hydrogens is 336 g/mol. The predicted molar refractivity (Wildman–Crippen MR) is 94.7 cm³/mol. The molecule has 0 aliphatic carbocycles. The molecule has 3 rings (SSSR count). The SMILES string of the molecule is O=C(N[C@H]1CCCO[C@@H](c2ccc([N+](=O)[O-])cc2)OC1)c1ccccc1. The molecule has 0 unspecified atom stereocenters. The van der Waals surface area contributed by atoms with Crippen molar-refractivity contribution in [2.45, 2.75) is 25.2 Å². The second-order valence-electron chi connectivity index (χ2n) is 6.06. The van der Waals surface area contributed by atoms with E-state index in [0.29, 0.717) is 24.3 Å². The molecule has 1 heterocycles. The number of carbonyl (C=O) groups is 1. The molecular formula is C19H20N2O5. The molecule has 1 amide bonds. The van der Waals surface area contributed by atoms with E-state index in [4.69, 9.17) is 9.47 Å². The average Bonchev–Trinajstić information content (AvgIpc) is 2.65. The first kappa shape index (κ1) is 18.0. The van der Waals surface area contributed by atoms with Crippen LogP contribution in [-0.4, -0.2) is 30.1 Å². The summed E-state index contributed by atoms with van der Waals surface area (Å²) in [5.41, 5.74) is 1.34. The van der Waals surface area contributed by atoms with Crippen LogP contribution in [0.5, 0.6) is 0 Å². The van der Waals surface area contributed by atoms with Crippen LogP contribution in [-0.2, 0) is 9.47 Å². The highest BCUT2D eigenvalue weighted by atomic mass is 16.7. The number of nitrogens with one attached hydrogen (secondary N) is 1. The van der Waals surface area contributed by atoms with Gasteiger partial charge in [0.05, 0.1) is 24.2 Å². The Bertz CT molecular complexity index is 748. The fraction of sp³-hybridized carbons (Fsp3) is 0.316. The molecule has 7 heteroatoms. The molecule has 2 aromatic carbocycles. The van der Waals surface area contributed by atoms with Gasteiger partial charge in [-0.3, -0.25) is 14.9 Å². The monoisotopic (exact) mass is 356 g/mol. The summed E-state index contributed by atoms with van der Waals surface area (Å²) < 4.78 is 11.5. The van der Waals surface area contributed by atoms with Crippen LogP contribution in [0, 0.1) is 10.1 Å². The summed E-state index contributed by atoms with van der Waals surface area (Å²) in [5, 5.41) is 13.7. The Balaban J connectivity index is 1.61. The van der Waals surface area contributed by atoms with E-state index in [-0.39, 0.29) is 17.6 Å². The Labute approximate surface area is 151 Å². The topological polar surface area (TPSA) is 90.7 Å². The van der Waals surface area contributed by atoms with E-state index in [0.717, 1.165) is 12.8 Å². The lowest BCUT2D eigenvalue weighted by Crippen LogP contribution is -2.39. The Kier molecular flexibility index (Phi) is 5.93. The maximum atomic E-state index is 12.3. The van der Waals surface area contributed by atoms with Gasteiger partial charge in [0.1, 0.15) is 0 Å². The van der Waals surface area contributed by atoms with E-state index in [1.807, 2.05) is 18.2 Å². The van der Waals surface area contributed by atoms with Gasteiger partial charge in [-0.2, -0.15) is 0 Å². The zero-order chi connectivity index (χ0) is 18.4. The van der Waals surface area contributed by atoms with Crippen molar-refractivity contribution >= 4 is 11.6 Å². The first-order chi connectivity index (χ1) is 12.6. The van der Waals surface area contributed by atoms with Crippen molar-refractivity contribution in [1.29, 1.82) is 0 Å². The number of non-ortho nitro benzene ring substituents is 1. The molecule has 0 bridgehead atoms. The maximum Gasteiger partial charge on any atom is 0.269 e. The van der Waals surface area contributed by atoms with Crippen LogP contribution in [0.2, 0.25) is 0 Å². The standard InChI is InChI=1S/C19H20N2O5/c22-18(14-5-2-1-3-6-14)20-16-7-4-12-25-19(26-13-16)15-8-10-17(11-9-15)21(23)24/h1-3,5-6,8-11,16,19H,4,7,12-13H2,(H,20,22)/t16-,19+/m0/s1. The molecule has 0 radical (unpaired) electrons. The first-order valence-electron chi connectivity index (χ1n) is 8.47. The highest BCUT2D eigenvalue weighted by Gasteiger charge is 2.21. The van der Waals surface area contributed by atoms with Crippen molar-refractivity contribution in [3.05, 3.63) is 75.8 Å². The Morgan fingerprint density at radius 2 is 1.81 bits per heavy atom. The summed E-state index contributed by atoms with van der Waals surface area (Å²) in [6, 6.07) is 15.0. The van der Waals surface area contributed by atoms with Crippen LogP contribution in [0.3, 0.4) is 0 Å². The summed E-state index contributed by atoms with van der Waals surface area (Å²) in [7, 11) is 0. The molecule has 0 saturated carbocycles. The number of hydrogen-bond acceptors (Lipinski definition) is 5. The lowest BCUT2D eigenvalue weighted by molar-refractivity contribution is -0.384. The first-order valence-corrected chi connectivity index (χ1v) is 8.47. The number of rotatable bonds is 4. The molecule has 136 valence electrons. The van der Waals surface area contributed by atoms with Gasteiger partial charge < -0.3 is 14.8 Å². The van der Waals surface area contributed by atoms with E-state index >= 15 is 0 Å². The van der Waals surface area contributed by atoms with Gasteiger partial charge in [-0.1, -0.05) is 18.2 Å². The van der Waals surface area contributed by atoms with Crippen LogP contribution < -0.4 is 5.32 Å². The number of ether oxygens (including phenoxy) is 2. The fourth-order valence-corrected chi connectivity index (χ4v) is 2.77. The van der Waals surface area contributed by atoms with Crippen molar-refractivity contribution in [2.75, 3.05) is 13.2 Å². The van der Waals surface area contributed by atoms with Crippen molar-refractivity contribution in [2.24, 2.45) is 0 Å². The molecule has 7 nitrogen and oxygen atoms in total. The number of amides is 1.